The minimum atomic E-state index is 0.148. The summed E-state index contributed by atoms with van der Waals surface area (Å²) in [7, 11) is 0. The van der Waals surface area contributed by atoms with Gasteiger partial charge in [-0.2, -0.15) is 0 Å². The molecule has 0 aliphatic heterocycles. The van der Waals surface area contributed by atoms with E-state index in [-0.39, 0.29) is 4.75 Å². The van der Waals surface area contributed by atoms with E-state index in [0.29, 0.717) is 0 Å². The second-order valence-corrected chi connectivity index (χ2v) is 6.49. The molecule has 0 aromatic carbocycles. The Hall–Kier alpha value is -0.220. The Morgan fingerprint density at radius 2 is 2.08 bits per heavy atom. The summed E-state index contributed by atoms with van der Waals surface area (Å²) >= 11 is 5.00. The van der Waals surface area contributed by atoms with Gasteiger partial charge in [0.15, 0.2) is 0 Å². The minimum Gasteiger partial charge on any atom is -0.397 e. The molecule has 0 fully saturated rings. The van der Waals surface area contributed by atoms with Crippen LogP contribution in [0.25, 0.3) is 0 Å². The molecule has 0 bridgehead atoms. The molecule has 0 saturated carbocycles. The maximum atomic E-state index is 5.82. The van der Waals surface area contributed by atoms with Crippen LogP contribution in [0.3, 0.4) is 0 Å². The van der Waals surface area contributed by atoms with Gasteiger partial charge in [0.05, 0.1) is 5.69 Å². The molecule has 4 heteroatoms. The minimum absolute atomic E-state index is 0.148. The Kier molecular flexibility index (Phi) is 3.24. The van der Waals surface area contributed by atoms with E-state index in [2.05, 4.69) is 41.7 Å². The summed E-state index contributed by atoms with van der Waals surface area (Å²) in [6, 6.07) is 1.88. The number of thioether (sulfide) groups is 1. The topological polar surface area (TPSA) is 38.9 Å². The van der Waals surface area contributed by atoms with Gasteiger partial charge in [-0.1, -0.05) is 32.5 Å². The first-order chi connectivity index (χ1) is 5.88. The molecule has 0 saturated heterocycles. The van der Waals surface area contributed by atoms with Crippen molar-refractivity contribution in [3.05, 3.63) is 16.7 Å². The lowest BCUT2D eigenvalue weighted by atomic mass is 10.3. The molecule has 13 heavy (non-hydrogen) atoms. The Labute approximate surface area is 91.4 Å². The Balaban J connectivity index is 2.90. The number of nitrogens with zero attached hydrogens (tertiary/aromatic N) is 1. The van der Waals surface area contributed by atoms with Crippen molar-refractivity contribution in [2.24, 2.45) is 0 Å². The molecule has 0 aliphatic carbocycles. The third-order valence-corrected chi connectivity index (χ3v) is 2.83. The van der Waals surface area contributed by atoms with Crippen LogP contribution in [0.1, 0.15) is 20.8 Å². The van der Waals surface area contributed by atoms with Gasteiger partial charge in [0, 0.05) is 15.4 Å². The van der Waals surface area contributed by atoms with Crippen molar-refractivity contribution in [3.63, 3.8) is 0 Å². The number of hydrogen-bond acceptors (Lipinski definition) is 3. The molecule has 1 aromatic rings. The molecule has 1 aromatic heterocycles. The molecule has 0 spiro atoms. The molecule has 1 heterocycles. The van der Waals surface area contributed by atoms with Gasteiger partial charge in [0.2, 0.25) is 0 Å². The summed E-state index contributed by atoms with van der Waals surface area (Å²) in [6.45, 7) is 6.42. The predicted molar refractivity (Wildman–Crippen MR) is 62.0 cm³/mol. The highest BCUT2D eigenvalue weighted by atomic mass is 79.9. The molecular weight excluding hydrogens is 248 g/mol. The van der Waals surface area contributed by atoms with Crippen molar-refractivity contribution in [2.75, 3.05) is 5.73 Å². The zero-order valence-corrected chi connectivity index (χ0v) is 10.4. The van der Waals surface area contributed by atoms with Gasteiger partial charge >= 0.3 is 0 Å². The molecule has 0 aliphatic rings. The van der Waals surface area contributed by atoms with E-state index in [0.717, 1.165) is 15.2 Å². The quantitative estimate of drug-likeness (QED) is 0.788. The summed E-state index contributed by atoms with van der Waals surface area (Å²) in [6.07, 6.45) is 1.77. The SMILES string of the molecule is CC(C)(C)Sc1ncc(Br)cc1N. The van der Waals surface area contributed by atoms with Crippen molar-refractivity contribution in [2.45, 2.75) is 30.5 Å². The maximum absolute atomic E-state index is 5.82. The van der Waals surface area contributed by atoms with Crippen LogP contribution in [-0.2, 0) is 0 Å². The zero-order chi connectivity index (χ0) is 10.1. The van der Waals surface area contributed by atoms with E-state index in [1.165, 1.54) is 0 Å². The number of nitrogen functional groups attached to an aromatic ring is 1. The van der Waals surface area contributed by atoms with Crippen molar-refractivity contribution in [3.8, 4) is 0 Å². The van der Waals surface area contributed by atoms with E-state index in [1.54, 1.807) is 18.0 Å². The predicted octanol–water partition coefficient (Wildman–Crippen LogP) is 3.32. The fourth-order valence-electron chi connectivity index (χ4n) is 0.818. The van der Waals surface area contributed by atoms with Gasteiger partial charge in [-0.05, 0) is 22.0 Å². The van der Waals surface area contributed by atoms with E-state index in [4.69, 9.17) is 5.73 Å². The van der Waals surface area contributed by atoms with Crippen LogP contribution in [0.5, 0.6) is 0 Å². The number of anilines is 1. The van der Waals surface area contributed by atoms with Crippen LogP contribution in [0, 0.1) is 0 Å². The van der Waals surface area contributed by atoms with E-state index >= 15 is 0 Å². The molecular formula is C9H13BrN2S. The van der Waals surface area contributed by atoms with Gasteiger partial charge in [0.25, 0.3) is 0 Å². The fraction of sp³-hybridized carbons (Fsp3) is 0.444. The molecule has 2 nitrogen and oxygen atoms in total. The highest BCUT2D eigenvalue weighted by Gasteiger charge is 2.14. The van der Waals surface area contributed by atoms with E-state index in [9.17, 15) is 0 Å². The fourth-order valence-corrected chi connectivity index (χ4v) is 2.03. The second kappa shape index (κ2) is 3.88. The van der Waals surface area contributed by atoms with Crippen LogP contribution >= 0.6 is 27.7 Å². The average Bonchev–Trinajstić information content (AvgIpc) is 1.93. The van der Waals surface area contributed by atoms with E-state index in [1.807, 2.05) is 6.07 Å². The highest BCUT2D eigenvalue weighted by Crippen LogP contribution is 2.34. The molecule has 0 radical (unpaired) electrons. The van der Waals surface area contributed by atoms with Gasteiger partial charge in [-0.25, -0.2) is 4.98 Å². The first kappa shape index (κ1) is 10.9. The Bertz CT molecular complexity index is 307. The lowest BCUT2D eigenvalue weighted by molar-refractivity contribution is 0.799. The third kappa shape index (κ3) is 3.56. The number of pyridine rings is 1. The van der Waals surface area contributed by atoms with Gasteiger partial charge in [-0.3, -0.25) is 0 Å². The monoisotopic (exact) mass is 260 g/mol. The van der Waals surface area contributed by atoms with Crippen molar-refractivity contribution in [1.82, 2.24) is 4.98 Å². The highest BCUT2D eigenvalue weighted by molar-refractivity contribution is 9.10. The first-order valence-corrected chi connectivity index (χ1v) is 5.59. The Morgan fingerprint density at radius 1 is 1.46 bits per heavy atom. The number of nitrogens with two attached hydrogens (primary N) is 1. The summed E-state index contributed by atoms with van der Waals surface area (Å²) in [4.78, 5) is 4.25. The van der Waals surface area contributed by atoms with Gasteiger partial charge < -0.3 is 5.73 Å². The standard InChI is InChI=1S/C9H13BrN2S/c1-9(2,3)13-8-7(11)4-6(10)5-12-8/h4-5H,11H2,1-3H3. The zero-order valence-electron chi connectivity index (χ0n) is 7.97. The average molecular weight is 261 g/mol. The number of rotatable bonds is 1. The molecule has 72 valence electrons. The summed E-state index contributed by atoms with van der Waals surface area (Å²) < 4.78 is 1.07. The summed E-state index contributed by atoms with van der Waals surface area (Å²) in [5, 5.41) is 0.899. The van der Waals surface area contributed by atoms with Crippen molar-refractivity contribution < 1.29 is 0 Å². The Morgan fingerprint density at radius 3 is 2.54 bits per heavy atom. The van der Waals surface area contributed by atoms with Crippen LogP contribution in [0.4, 0.5) is 5.69 Å². The third-order valence-electron chi connectivity index (χ3n) is 1.25. The second-order valence-electron chi connectivity index (χ2n) is 3.76. The lowest BCUT2D eigenvalue weighted by Gasteiger charge is -2.17. The number of halogens is 1. The first-order valence-electron chi connectivity index (χ1n) is 3.98. The molecule has 0 atom stereocenters. The van der Waals surface area contributed by atoms with Crippen molar-refractivity contribution in [1.29, 1.82) is 0 Å². The summed E-state index contributed by atoms with van der Waals surface area (Å²) in [5.41, 5.74) is 6.55. The van der Waals surface area contributed by atoms with Crippen LogP contribution in [0.2, 0.25) is 0 Å². The summed E-state index contributed by atoms with van der Waals surface area (Å²) in [5.74, 6) is 0. The lowest BCUT2D eigenvalue weighted by Crippen LogP contribution is -2.08. The van der Waals surface area contributed by atoms with Crippen LogP contribution in [0.15, 0.2) is 21.8 Å². The van der Waals surface area contributed by atoms with Gasteiger partial charge in [0.1, 0.15) is 5.03 Å². The van der Waals surface area contributed by atoms with Crippen molar-refractivity contribution >= 4 is 33.4 Å². The van der Waals surface area contributed by atoms with E-state index < -0.39 is 0 Å². The van der Waals surface area contributed by atoms with Crippen LogP contribution < -0.4 is 5.73 Å². The number of hydrogen-bond donors (Lipinski definition) is 1. The maximum Gasteiger partial charge on any atom is 0.120 e. The smallest absolute Gasteiger partial charge is 0.120 e. The molecule has 1 rings (SSSR count). The molecule has 0 amide bonds. The largest absolute Gasteiger partial charge is 0.397 e. The van der Waals surface area contributed by atoms with Crippen LogP contribution in [-0.4, -0.2) is 9.73 Å². The number of aromatic nitrogens is 1. The molecule has 2 N–H and O–H groups in total. The normalized spacial score (nSPS) is 11.7. The van der Waals surface area contributed by atoms with Gasteiger partial charge in [-0.15, -0.1) is 0 Å². The molecule has 0 unspecified atom stereocenters.